The van der Waals surface area contributed by atoms with Gasteiger partial charge in [-0.3, -0.25) is 24.5 Å². The molecular weight excluding hydrogens is 437 g/mol. The topological polar surface area (TPSA) is 119 Å². The zero-order valence-corrected chi connectivity index (χ0v) is 16.9. The fourth-order valence-corrected chi connectivity index (χ4v) is 3.36. The third-order valence-corrected chi connectivity index (χ3v) is 4.93. The van der Waals surface area contributed by atoms with E-state index >= 15 is 0 Å². The van der Waals surface area contributed by atoms with Gasteiger partial charge in [-0.2, -0.15) is 0 Å². The molecule has 3 rings (SSSR count). The summed E-state index contributed by atoms with van der Waals surface area (Å²) in [4.78, 5) is 48.0. The van der Waals surface area contributed by atoms with E-state index in [1.165, 1.54) is 41.3 Å². The molecule has 0 radical (unpaired) electrons. The van der Waals surface area contributed by atoms with Crippen LogP contribution >= 0.6 is 23.2 Å². The number of hydrogen-bond acceptors (Lipinski definition) is 6. The van der Waals surface area contributed by atoms with Crippen molar-refractivity contribution < 1.29 is 24.0 Å². The van der Waals surface area contributed by atoms with Crippen LogP contribution in [0.1, 0.15) is 6.42 Å². The number of nitro groups is 1. The van der Waals surface area contributed by atoms with Gasteiger partial charge in [-0.25, -0.2) is 0 Å². The lowest BCUT2D eigenvalue weighted by atomic mass is 10.1. The van der Waals surface area contributed by atoms with Crippen LogP contribution in [0.3, 0.4) is 0 Å². The number of nitrogens with one attached hydrogen (secondary N) is 1. The third-order valence-electron chi connectivity index (χ3n) is 4.38. The van der Waals surface area contributed by atoms with E-state index in [1.54, 1.807) is 6.07 Å². The van der Waals surface area contributed by atoms with E-state index in [-0.39, 0.29) is 29.6 Å². The van der Waals surface area contributed by atoms with Crippen molar-refractivity contribution in [1.82, 2.24) is 0 Å². The smallest absolute Gasteiger partial charge is 0.311 e. The van der Waals surface area contributed by atoms with Crippen LogP contribution in [0.15, 0.2) is 42.5 Å². The molecule has 0 aromatic heterocycles. The van der Waals surface area contributed by atoms with Gasteiger partial charge in [0.15, 0.2) is 6.61 Å². The predicted molar refractivity (Wildman–Crippen MR) is 110 cm³/mol. The van der Waals surface area contributed by atoms with Crippen molar-refractivity contribution in [1.29, 1.82) is 0 Å². The van der Waals surface area contributed by atoms with Crippen molar-refractivity contribution in [2.24, 2.45) is 5.92 Å². The van der Waals surface area contributed by atoms with Gasteiger partial charge in [0.25, 0.3) is 11.6 Å². The molecule has 0 saturated carbocycles. The summed E-state index contributed by atoms with van der Waals surface area (Å²) in [7, 11) is 0. The van der Waals surface area contributed by atoms with Gasteiger partial charge in [0.2, 0.25) is 5.91 Å². The largest absolute Gasteiger partial charge is 0.455 e. The minimum absolute atomic E-state index is 0.0557. The summed E-state index contributed by atoms with van der Waals surface area (Å²) in [5, 5.41) is 13.9. The van der Waals surface area contributed by atoms with Crippen molar-refractivity contribution in [2.75, 3.05) is 23.4 Å². The van der Waals surface area contributed by atoms with E-state index in [0.29, 0.717) is 16.4 Å². The second-order valence-electron chi connectivity index (χ2n) is 6.46. The van der Waals surface area contributed by atoms with Gasteiger partial charge in [0.05, 0.1) is 21.6 Å². The van der Waals surface area contributed by atoms with Crippen molar-refractivity contribution in [3.05, 3.63) is 62.6 Å². The van der Waals surface area contributed by atoms with E-state index in [4.69, 9.17) is 27.9 Å². The highest BCUT2D eigenvalue weighted by molar-refractivity contribution is 6.36. The monoisotopic (exact) mass is 451 g/mol. The van der Waals surface area contributed by atoms with Gasteiger partial charge >= 0.3 is 5.97 Å². The molecule has 1 heterocycles. The third kappa shape index (κ3) is 5.05. The van der Waals surface area contributed by atoms with E-state index < -0.39 is 29.3 Å². The maximum Gasteiger partial charge on any atom is 0.311 e. The van der Waals surface area contributed by atoms with Crippen molar-refractivity contribution in [3.63, 3.8) is 0 Å². The Labute approximate surface area is 180 Å². The molecule has 2 aromatic rings. The number of nitro benzene ring substituents is 1. The number of rotatable bonds is 6. The Balaban J connectivity index is 1.54. The molecule has 0 aliphatic carbocycles. The molecule has 0 bridgehead atoms. The lowest BCUT2D eigenvalue weighted by Gasteiger charge is -2.16. The van der Waals surface area contributed by atoms with Crippen molar-refractivity contribution in [2.45, 2.75) is 6.42 Å². The average Bonchev–Trinajstić information content (AvgIpc) is 3.10. The van der Waals surface area contributed by atoms with Gasteiger partial charge < -0.3 is 15.0 Å². The SMILES string of the molecule is O=C(COC(=O)[C@@H]1CC(=O)N(c2ccc([N+](=O)[O-])cc2)C1)Nc1ccc(Cl)cc1Cl. The summed E-state index contributed by atoms with van der Waals surface area (Å²) < 4.78 is 5.02. The number of carbonyl (C=O) groups is 3. The van der Waals surface area contributed by atoms with Crippen LogP contribution in [0.5, 0.6) is 0 Å². The Morgan fingerprint density at radius 1 is 1.20 bits per heavy atom. The van der Waals surface area contributed by atoms with Crippen LogP contribution in [-0.4, -0.2) is 35.9 Å². The number of halogens is 2. The summed E-state index contributed by atoms with van der Waals surface area (Å²) in [5.74, 6) is -2.35. The van der Waals surface area contributed by atoms with Crippen LogP contribution in [0.4, 0.5) is 17.1 Å². The molecule has 1 aliphatic rings. The fraction of sp³-hybridized carbons (Fsp3) is 0.211. The lowest BCUT2D eigenvalue weighted by molar-refractivity contribution is -0.384. The fourth-order valence-electron chi connectivity index (χ4n) is 2.90. The molecule has 2 amide bonds. The van der Waals surface area contributed by atoms with Gasteiger partial charge in [0, 0.05) is 35.8 Å². The molecule has 2 aromatic carbocycles. The summed E-state index contributed by atoms with van der Waals surface area (Å²) in [6.45, 7) is -0.486. The molecule has 30 heavy (non-hydrogen) atoms. The number of ether oxygens (including phenoxy) is 1. The second-order valence-corrected chi connectivity index (χ2v) is 7.30. The molecule has 9 nitrogen and oxygen atoms in total. The highest BCUT2D eigenvalue weighted by atomic mass is 35.5. The van der Waals surface area contributed by atoms with E-state index in [0.717, 1.165) is 0 Å². The standard InChI is InChI=1S/C19H15Cl2N3O6/c20-12-1-6-16(15(21)8-12)22-17(25)10-30-19(27)11-7-18(26)23(9-11)13-2-4-14(5-3-13)24(28)29/h1-6,8,11H,7,9-10H2,(H,22,25)/t11-/m1/s1. The molecular formula is C19H15Cl2N3O6. The van der Waals surface area contributed by atoms with Gasteiger partial charge in [-0.15, -0.1) is 0 Å². The van der Waals surface area contributed by atoms with Crippen LogP contribution in [0.2, 0.25) is 10.0 Å². The molecule has 11 heteroatoms. The number of carbonyl (C=O) groups excluding carboxylic acids is 3. The zero-order valence-electron chi connectivity index (χ0n) is 15.3. The Kier molecular flexibility index (Phi) is 6.53. The highest BCUT2D eigenvalue weighted by Gasteiger charge is 2.36. The molecule has 1 fully saturated rings. The zero-order chi connectivity index (χ0) is 21.8. The number of amides is 2. The molecule has 0 spiro atoms. The van der Waals surface area contributed by atoms with Crippen LogP contribution in [0.25, 0.3) is 0 Å². The Hall–Kier alpha value is -3.17. The van der Waals surface area contributed by atoms with Crippen LogP contribution in [0, 0.1) is 16.0 Å². The van der Waals surface area contributed by atoms with Crippen molar-refractivity contribution >= 4 is 58.0 Å². The molecule has 156 valence electrons. The number of nitrogens with zero attached hydrogens (tertiary/aromatic N) is 2. The Morgan fingerprint density at radius 2 is 1.90 bits per heavy atom. The number of anilines is 2. The number of hydrogen-bond donors (Lipinski definition) is 1. The number of non-ortho nitro benzene ring substituents is 1. The Morgan fingerprint density at radius 3 is 2.53 bits per heavy atom. The van der Waals surface area contributed by atoms with Gasteiger partial charge in [-0.1, -0.05) is 23.2 Å². The lowest BCUT2D eigenvalue weighted by Crippen LogP contribution is -2.28. The minimum Gasteiger partial charge on any atom is -0.455 e. The first kappa shape index (κ1) is 21.5. The van der Waals surface area contributed by atoms with Crippen molar-refractivity contribution in [3.8, 4) is 0 Å². The predicted octanol–water partition coefficient (Wildman–Crippen LogP) is 3.44. The maximum atomic E-state index is 12.3. The van der Waals surface area contributed by atoms with E-state index in [1.807, 2.05) is 0 Å². The first-order valence-electron chi connectivity index (χ1n) is 8.71. The summed E-state index contributed by atoms with van der Waals surface area (Å²) in [5.41, 5.74) is 0.659. The summed E-state index contributed by atoms with van der Waals surface area (Å²) in [6, 6.07) is 9.96. The number of benzene rings is 2. The van der Waals surface area contributed by atoms with Crippen LogP contribution in [-0.2, 0) is 19.1 Å². The first-order valence-corrected chi connectivity index (χ1v) is 9.46. The molecule has 1 atom stereocenters. The number of esters is 1. The minimum atomic E-state index is -0.750. The van der Waals surface area contributed by atoms with Gasteiger partial charge in [0.1, 0.15) is 0 Å². The molecule has 1 aliphatic heterocycles. The maximum absolute atomic E-state index is 12.3. The molecule has 0 unspecified atom stereocenters. The Bertz CT molecular complexity index is 1010. The normalized spacial score (nSPS) is 15.7. The van der Waals surface area contributed by atoms with E-state index in [2.05, 4.69) is 5.32 Å². The quantitative estimate of drug-likeness (QED) is 0.408. The average molecular weight is 452 g/mol. The highest BCUT2D eigenvalue weighted by Crippen LogP contribution is 2.28. The summed E-state index contributed by atoms with van der Waals surface area (Å²) >= 11 is 11.8. The molecule has 1 N–H and O–H groups in total. The second kappa shape index (κ2) is 9.10. The van der Waals surface area contributed by atoms with E-state index in [9.17, 15) is 24.5 Å². The first-order chi connectivity index (χ1) is 14.2. The van der Waals surface area contributed by atoms with Crippen LogP contribution < -0.4 is 10.2 Å². The summed E-state index contributed by atoms with van der Waals surface area (Å²) in [6.07, 6.45) is -0.0829. The molecule has 1 saturated heterocycles. The van der Waals surface area contributed by atoms with Gasteiger partial charge in [-0.05, 0) is 30.3 Å².